The van der Waals surface area contributed by atoms with E-state index in [1.807, 2.05) is 13.0 Å². The standard InChI is InChI=1S/C11H18N4O/c1-8-13-10(12-5-2-6-16)7-11(14-8)15-9-3-4-9/h7,9,16H,2-6H2,1H3,(H2,12,13,14,15). The zero-order valence-corrected chi connectivity index (χ0v) is 9.53. The van der Waals surface area contributed by atoms with Gasteiger partial charge in [0.1, 0.15) is 17.5 Å². The number of hydrogen-bond acceptors (Lipinski definition) is 5. The van der Waals surface area contributed by atoms with Crippen LogP contribution in [0.2, 0.25) is 0 Å². The van der Waals surface area contributed by atoms with Crippen LogP contribution in [-0.4, -0.2) is 34.3 Å². The highest BCUT2D eigenvalue weighted by atomic mass is 16.3. The number of nitrogens with zero attached hydrogens (tertiary/aromatic N) is 2. The average molecular weight is 222 g/mol. The predicted octanol–water partition coefficient (Wildman–Crippen LogP) is 1.15. The maximum Gasteiger partial charge on any atom is 0.132 e. The first-order valence-corrected chi connectivity index (χ1v) is 5.75. The van der Waals surface area contributed by atoms with Gasteiger partial charge < -0.3 is 15.7 Å². The molecular formula is C11H18N4O. The van der Waals surface area contributed by atoms with E-state index in [2.05, 4.69) is 20.6 Å². The van der Waals surface area contributed by atoms with Gasteiger partial charge in [0.15, 0.2) is 0 Å². The summed E-state index contributed by atoms with van der Waals surface area (Å²) < 4.78 is 0. The smallest absolute Gasteiger partial charge is 0.132 e. The van der Waals surface area contributed by atoms with Crippen LogP contribution in [0.15, 0.2) is 6.07 Å². The van der Waals surface area contributed by atoms with Gasteiger partial charge in [0.05, 0.1) is 0 Å². The normalized spacial score (nSPS) is 14.9. The third kappa shape index (κ3) is 3.34. The predicted molar refractivity (Wildman–Crippen MR) is 63.6 cm³/mol. The van der Waals surface area contributed by atoms with Gasteiger partial charge in [-0.15, -0.1) is 0 Å². The van der Waals surface area contributed by atoms with Gasteiger partial charge in [-0.25, -0.2) is 9.97 Å². The Labute approximate surface area is 95.3 Å². The molecule has 1 saturated carbocycles. The summed E-state index contributed by atoms with van der Waals surface area (Å²) in [4.78, 5) is 8.62. The Kier molecular flexibility index (Phi) is 3.56. The molecule has 1 aliphatic carbocycles. The van der Waals surface area contributed by atoms with Gasteiger partial charge in [0.2, 0.25) is 0 Å². The summed E-state index contributed by atoms with van der Waals surface area (Å²) in [5.74, 6) is 2.47. The van der Waals surface area contributed by atoms with Crippen LogP contribution in [0.4, 0.5) is 11.6 Å². The average Bonchev–Trinajstić information content (AvgIpc) is 3.01. The molecule has 1 aromatic rings. The lowest BCUT2D eigenvalue weighted by molar-refractivity contribution is 0.292. The fourth-order valence-electron chi connectivity index (χ4n) is 1.46. The van der Waals surface area contributed by atoms with Crippen LogP contribution in [0.5, 0.6) is 0 Å². The Morgan fingerprint density at radius 1 is 1.38 bits per heavy atom. The molecule has 88 valence electrons. The van der Waals surface area contributed by atoms with Crippen molar-refractivity contribution in [3.05, 3.63) is 11.9 Å². The highest BCUT2D eigenvalue weighted by Gasteiger charge is 2.21. The van der Waals surface area contributed by atoms with E-state index in [0.29, 0.717) is 6.04 Å². The first-order chi connectivity index (χ1) is 7.78. The van der Waals surface area contributed by atoms with Gasteiger partial charge in [0, 0.05) is 25.3 Å². The third-order valence-corrected chi connectivity index (χ3v) is 2.41. The van der Waals surface area contributed by atoms with E-state index in [4.69, 9.17) is 5.11 Å². The van der Waals surface area contributed by atoms with Crippen molar-refractivity contribution >= 4 is 11.6 Å². The minimum Gasteiger partial charge on any atom is -0.396 e. The zero-order chi connectivity index (χ0) is 11.4. The quantitative estimate of drug-likeness (QED) is 0.630. The van der Waals surface area contributed by atoms with Crippen LogP contribution < -0.4 is 10.6 Å². The molecule has 0 unspecified atom stereocenters. The van der Waals surface area contributed by atoms with Crippen molar-refractivity contribution in [2.75, 3.05) is 23.8 Å². The number of hydrogen-bond donors (Lipinski definition) is 3. The number of rotatable bonds is 6. The van der Waals surface area contributed by atoms with Crippen molar-refractivity contribution in [1.29, 1.82) is 0 Å². The van der Waals surface area contributed by atoms with E-state index in [1.54, 1.807) is 0 Å². The Bertz CT molecular complexity index is 352. The van der Waals surface area contributed by atoms with Gasteiger partial charge in [-0.05, 0) is 26.2 Å². The third-order valence-electron chi connectivity index (χ3n) is 2.41. The van der Waals surface area contributed by atoms with Crippen LogP contribution in [0, 0.1) is 6.92 Å². The number of anilines is 2. The van der Waals surface area contributed by atoms with Crippen LogP contribution in [0.1, 0.15) is 25.1 Å². The summed E-state index contributed by atoms with van der Waals surface area (Å²) in [5.41, 5.74) is 0. The summed E-state index contributed by atoms with van der Waals surface area (Å²) in [6.45, 7) is 2.81. The molecule has 5 nitrogen and oxygen atoms in total. The summed E-state index contributed by atoms with van der Waals surface area (Å²) >= 11 is 0. The second-order valence-electron chi connectivity index (χ2n) is 4.11. The molecule has 0 bridgehead atoms. The molecular weight excluding hydrogens is 204 g/mol. The monoisotopic (exact) mass is 222 g/mol. The molecule has 1 aromatic heterocycles. The maximum atomic E-state index is 8.70. The highest BCUT2D eigenvalue weighted by molar-refractivity contribution is 5.48. The van der Waals surface area contributed by atoms with Crippen molar-refractivity contribution in [3.63, 3.8) is 0 Å². The molecule has 0 spiro atoms. The molecule has 1 aliphatic rings. The van der Waals surface area contributed by atoms with E-state index < -0.39 is 0 Å². The number of nitrogens with one attached hydrogen (secondary N) is 2. The molecule has 0 saturated heterocycles. The van der Waals surface area contributed by atoms with Crippen LogP contribution in [0.3, 0.4) is 0 Å². The lowest BCUT2D eigenvalue weighted by Crippen LogP contribution is -2.09. The molecule has 0 aromatic carbocycles. The van der Waals surface area contributed by atoms with Gasteiger partial charge in [-0.1, -0.05) is 0 Å². The molecule has 0 atom stereocenters. The van der Waals surface area contributed by atoms with E-state index in [-0.39, 0.29) is 6.61 Å². The molecule has 5 heteroatoms. The number of aliphatic hydroxyl groups excluding tert-OH is 1. The van der Waals surface area contributed by atoms with E-state index in [0.717, 1.165) is 30.4 Å². The van der Waals surface area contributed by atoms with Crippen molar-refractivity contribution in [1.82, 2.24) is 9.97 Å². The topological polar surface area (TPSA) is 70.1 Å². The fourth-order valence-corrected chi connectivity index (χ4v) is 1.46. The van der Waals surface area contributed by atoms with Crippen molar-refractivity contribution in [2.45, 2.75) is 32.2 Å². The second kappa shape index (κ2) is 5.12. The molecule has 0 aliphatic heterocycles. The minimum atomic E-state index is 0.199. The van der Waals surface area contributed by atoms with Gasteiger partial charge in [0.25, 0.3) is 0 Å². The first-order valence-electron chi connectivity index (χ1n) is 5.75. The van der Waals surface area contributed by atoms with E-state index in [9.17, 15) is 0 Å². The van der Waals surface area contributed by atoms with E-state index in [1.165, 1.54) is 12.8 Å². The summed E-state index contributed by atoms with van der Waals surface area (Å²) in [6, 6.07) is 2.52. The molecule has 1 fully saturated rings. The number of aliphatic hydroxyl groups is 1. The first kappa shape index (κ1) is 11.1. The Morgan fingerprint density at radius 2 is 2.12 bits per heavy atom. The van der Waals surface area contributed by atoms with Gasteiger partial charge in [-0.2, -0.15) is 0 Å². The SMILES string of the molecule is Cc1nc(NCCCO)cc(NC2CC2)n1. The van der Waals surface area contributed by atoms with Crippen LogP contribution in [-0.2, 0) is 0 Å². The zero-order valence-electron chi connectivity index (χ0n) is 9.53. The highest BCUT2D eigenvalue weighted by Crippen LogP contribution is 2.24. The number of aromatic nitrogens is 2. The van der Waals surface area contributed by atoms with Gasteiger partial charge in [-0.3, -0.25) is 0 Å². The maximum absolute atomic E-state index is 8.70. The van der Waals surface area contributed by atoms with Crippen molar-refractivity contribution in [3.8, 4) is 0 Å². The summed E-state index contributed by atoms with van der Waals surface area (Å²) in [5, 5.41) is 15.2. The second-order valence-corrected chi connectivity index (χ2v) is 4.11. The molecule has 0 amide bonds. The Balaban J connectivity index is 1.96. The minimum absolute atomic E-state index is 0.199. The largest absolute Gasteiger partial charge is 0.396 e. The van der Waals surface area contributed by atoms with Crippen LogP contribution in [0.25, 0.3) is 0 Å². The fraction of sp³-hybridized carbons (Fsp3) is 0.636. The Hall–Kier alpha value is -1.36. The summed E-state index contributed by atoms with van der Waals surface area (Å²) in [6.07, 6.45) is 3.20. The summed E-state index contributed by atoms with van der Waals surface area (Å²) in [7, 11) is 0. The lowest BCUT2D eigenvalue weighted by Gasteiger charge is -2.09. The van der Waals surface area contributed by atoms with Gasteiger partial charge >= 0.3 is 0 Å². The molecule has 16 heavy (non-hydrogen) atoms. The molecule has 3 N–H and O–H groups in total. The van der Waals surface area contributed by atoms with Crippen molar-refractivity contribution < 1.29 is 5.11 Å². The molecule has 1 heterocycles. The lowest BCUT2D eigenvalue weighted by atomic mass is 10.4. The van der Waals surface area contributed by atoms with Crippen LogP contribution >= 0.6 is 0 Å². The molecule has 0 radical (unpaired) electrons. The van der Waals surface area contributed by atoms with E-state index >= 15 is 0 Å². The Morgan fingerprint density at radius 3 is 2.81 bits per heavy atom. The number of aryl methyl sites for hydroxylation is 1. The van der Waals surface area contributed by atoms with Crippen molar-refractivity contribution in [2.24, 2.45) is 0 Å². The molecule has 2 rings (SSSR count).